The Morgan fingerprint density at radius 2 is 2.00 bits per heavy atom. The van der Waals surface area contributed by atoms with Crippen molar-refractivity contribution in [3.05, 3.63) is 64.7 Å². The molecule has 29 heavy (non-hydrogen) atoms. The molecule has 1 saturated heterocycles. The lowest BCUT2D eigenvalue weighted by molar-refractivity contribution is -0.117. The van der Waals surface area contributed by atoms with Crippen molar-refractivity contribution in [1.82, 2.24) is 0 Å². The number of carbonyl (C=O) groups is 2. The van der Waals surface area contributed by atoms with Crippen molar-refractivity contribution >= 4 is 40.2 Å². The highest BCUT2D eigenvalue weighted by atomic mass is 127. The Balaban J connectivity index is 1.57. The van der Waals surface area contributed by atoms with Gasteiger partial charge in [-0.15, -0.1) is 0 Å². The van der Waals surface area contributed by atoms with E-state index >= 15 is 0 Å². The molecule has 3 atom stereocenters. The number of alkyl halides is 1. The third-order valence-corrected chi connectivity index (χ3v) is 6.84. The van der Waals surface area contributed by atoms with E-state index in [1.165, 1.54) is 0 Å². The number of halogens is 1. The molecule has 5 nitrogen and oxygen atoms in total. The van der Waals surface area contributed by atoms with E-state index in [9.17, 15) is 14.9 Å². The number of anilines is 1. The zero-order chi connectivity index (χ0) is 20.5. The Kier molecular flexibility index (Phi) is 5.59. The number of nitriles is 1. The second-order valence-electron chi connectivity index (χ2n) is 7.57. The molecule has 3 unspecified atom stereocenters. The Bertz CT molecular complexity index is 999. The first kappa shape index (κ1) is 19.9. The molecule has 0 N–H and O–H groups in total. The number of carbonyl (C=O) groups excluding carboxylic acids is 2. The molecular formula is C23H21IN2O3. The van der Waals surface area contributed by atoms with Gasteiger partial charge in [0.05, 0.1) is 17.2 Å². The number of ether oxygens (including phenoxy) is 1. The van der Waals surface area contributed by atoms with E-state index < -0.39 is 0 Å². The van der Waals surface area contributed by atoms with Crippen LogP contribution in [0.25, 0.3) is 0 Å². The van der Waals surface area contributed by atoms with E-state index in [0.717, 1.165) is 29.7 Å². The number of amides is 1. The van der Waals surface area contributed by atoms with Gasteiger partial charge in [0.25, 0.3) is 0 Å². The largest absolute Gasteiger partial charge is 0.458 e. The lowest BCUT2D eigenvalue weighted by atomic mass is 9.99. The van der Waals surface area contributed by atoms with E-state index in [-0.39, 0.29) is 29.9 Å². The smallest absolute Gasteiger partial charge is 0.338 e. The standard InChI is InChI=1S/C23H21IN2O3/c1-14-18(12-24)16(13-25)7-8-19(14)26-20-9-10-21(17(20)11-22(26)27)29-23(28)15-5-3-2-4-6-15/h2-8,17,20-21H,9-12H2,1H3. The lowest BCUT2D eigenvalue weighted by Gasteiger charge is -2.27. The molecule has 0 spiro atoms. The fraction of sp³-hybridized carbons (Fsp3) is 0.348. The molecule has 6 heteroatoms. The lowest BCUT2D eigenvalue weighted by Crippen LogP contribution is -2.35. The molecule has 148 valence electrons. The SMILES string of the molecule is Cc1c(N2C(=O)CC3C(OC(=O)c4ccccc4)CCC32)ccc(C#N)c1CI. The molecule has 2 aromatic rings. The zero-order valence-corrected chi connectivity index (χ0v) is 18.3. The van der Waals surface area contributed by atoms with Crippen molar-refractivity contribution in [3.8, 4) is 6.07 Å². The van der Waals surface area contributed by atoms with Crippen LogP contribution in [0.4, 0.5) is 5.69 Å². The number of fused-ring (bicyclic) bond motifs is 1. The van der Waals surface area contributed by atoms with Gasteiger partial charge in [-0.3, -0.25) is 4.79 Å². The van der Waals surface area contributed by atoms with Crippen molar-refractivity contribution in [2.24, 2.45) is 5.92 Å². The molecule has 2 aliphatic rings. The molecule has 4 rings (SSSR count). The van der Waals surface area contributed by atoms with Crippen molar-refractivity contribution in [3.63, 3.8) is 0 Å². The van der Waals surface area contributed by atoms with Gasteiger partial charge >= 0.3 is 5.97 Å². The average Bonchev–Trinajstić information content (AvgIpc) is 3.26. The van der Waals surface area contributed by atoms with Crippen LogP contribution in [-0.2, 0) is 14.0 Å². The Labute approximate surface area is 183 Å². The second-order valence-corrected chi connectivity index (χ2v) is 8.33. The monoisotopic (exact) mass is 500 g/mol. The summed E-state index contributed by atoms with van der Waals surface area (Å²) in [7, 11) is 0. The summed E-state index contributed by atoms with van der Waals surface area (Å²) < 4.78 is 6.51. The van der Waals surface area contributed by atoms with Gasteiger partial charge in [-0.1, -0.05) is 40.8 Å². The molecule has 0 radical (unpaired) electrons. The maximum absolute atomic E-state index is 12.9. The third kappa shape index (κ3) is 3.52. The first-order chi connectivity index (χ1) is 14.0. The number of hydrogen-bond donors (Lipinski definition) is 0. The summed E-state index contributed by atoms with van der Waals surface area (Å²) in [5, 5.41) is 9.36. The van der Waals surface area contributed by atoms with Gasteiger partial charge in [0.15, 0.2) is 0 Å². The van der Waals surface area contributed by atoms with Gasteiger partial charge in [0.2, 0.25) is 5.91 Å². The minimum absolute atomic E-state index is 0.00765. The van der Waals surface area contributed by atoms with E-state index in [1.54, 1.807) is 18.2 Å². The molecule has 0 aromatic heterocycles. The normalized spacial score (nSPS) is 23.0. The van der Waals surface area contributed by atoms with E-state index in [1.807, 2.05) is 36.1 Å². The fourth-order valence-electron chi connectivity index (χ4n) is 4.61. The van der Waals surface area contributed by atoms with E-state index in [2.05, 4.69) is 28.7 Å². The van der Waals surface area contributed by atoms with Crippen LogP contribution in [0, 0.1) is 24.2 Å². The summed E-state index contributed by atoms with van der Waals surface area (Å²) in [6.45, 7) is 1.98. The quantitative estimate of drug-likeness (QED) is 0.351. The van der Waals surface area contributed by atoms with E-state index in [0.29, 0.717) is 22.0 Å². The number of hydrogen-bond acceptors (Lipinski definition) is 4. The Morgan fingerprint density at radius 1 is 1.24 bits per heavy atom. The minimum atomic E-state index is -0.330. The molecule has 0 bridgehead atoms. The van der Waals surface area contributed by atoms with Crippen LogP contribution in [-0.4, -0.2) is 24.0 Å². The van der Waals surface area contributed by atoms with Gasteiger partial charge in [-0.05, 0) is 55.2 Å². The fourth-order valence-corrected chi connectivity index (χ4v) is 5.59. The van der Waals surface area contributed by atoms with Gasteiger partial charge < -0.3 is 9.64 Å². The predicted molar refractivity (Wildman–Crippen MR) is 118 cm³/mol. The summed E-state index contributed by atoms with van der Waals surface area (Å²) in [5.41, 5.74) is 4.03. The highest BCUT2D eigenvalue weighted by Crippen LogP contribution is 2.44. The maximum atomic E-state index is 12.9. The first-order valence-electron chi connectivity index (χ1n) is 9.71. The highest BCUT2D eigenvalue weighted by Gasteiger charge is 2.50. The number of esters is 1. The second kappa shape index (κ2) is 8.15. The summed E-state index contributed by atoms with van der Waals surface area (Å²) in [6.07, 6.45) is 1.70. The van der Waals surface area contributed by atoms with Crippen molar-refractivity contribution in [2.45, 2.75) is 42.8 Å². The van der Waals surface area contributed by atoms with Gasteiger partial charge in [-0.2, -0.15) is 5.26 Å². The zero-order valence-electron chi connectivity index (χ0n) is 16.1. The molecule has 2 aromatic carbocycles. The van der Waals surface area contributed by atoms with Crippen molar-refractivity contribution in [2.75, 3.05) is 4.90 Å². The minimum Gasteiger partial charge on any atom is -0.458 e. The van der Waals surface area contributed by atoms with Crippen LogP contribution in [0.1, 0.15) is 46.3 Å². The molecule has 2 fully saturated rings. The highest BCUT2D eigenvalue weighted by molar-refractivity contribution is 14.1. The molecule has 1 saturated carbocycles. The Hall–Kier alpha value is -2.40. The summed E-state index contributed by atoms with van der Waals surface area (Å²) >= 11 is 2.25. The van der Waals surface area contributed by atoms with Crippen molar-refractivity contribution < 1.29 is 14.3 Å². The molecule has 1 aliphatic heterocycles. The molecule has 1 amide bonds. The number of nitrogens with zero attached hydrogens (tertiary/aromatic N) is 2. The summed E-state index contributed by atoms with van der Waals surface area (Å²) in [5.74, 6) is -0.259. The van der Waals surface area contributed by atoms with Crippen LogP contribution >= 0.6 is 22.6 Å². The van der Waals surface area contributed by atoms with Crippen LogP contribution in [0.2, 0.25) is 0 Å². The number of benzene rings is 2. The predicted octanol–water partition coefficient (Wildman–Crippen LogP) is 4.54. The Morgan fingerprint density at radius 3 is 2.69 bits per heavy atom. The molecule has 1 aliphatic carbocycles. The van der Waals surface area contributed by atoms with Crippen LogP contribution in [0.3, 0.4) is 0 Å². The summed E-state index contributed by atoms with van der Waals surface area (Å²) in [6, 6.07) is 14.9. The van der Waals surface area contributed by atoms with Crippen LogP contribution in [0.15, 0.2) is 42.5 Å². The first-order valence-corrected chi connectivity index (χ1v) is 11.2. The van der Waals surface area contributed by atoms with Crippen LogP contribution in [0.5, 0.6) is 0 Å². The van der Waals surface area contributed by atoms with Gasteiger partial charge in [0, 0.05) is 28.5 Å². The third-order valence-electron chi connectivity index (χ3n) is 6.08. The van der Waals surface area contributed by atoms with Crippen LogP contribution < -0.4 is 4.90 Å². The average molecular weight is 500 g/mol. The van der Waals surface area contributed by atoms with Crippen molar-refractivity contribution in [1.29, 1.82) is 5.26 Å². The maximum Gasteiger partial charge on any atom is 0.338 e. The summed E-state index contributed by atoms with van der Waals surface area (Å²) in [4.78, 5) is 27.3. The van der Waals surface area contributed by atoms with Gasteiger partial charge in [-0.25, -0.2) is 4.79 Å². The molecule has 1 heterocycles. The topological polar surface area (TPSA) is 70.4 Å². The van der Waals surface area contributed by atoms with E-state index in [4.69, 9.17) is 4.74 Å². The van der Waals surface area contributed by atoms with Gasteiger partial charge in [0.1, 0.15) is 6.10 Å². The molecular weight excluding hydrogens is 479 g/mol. The number of rotatable bonds is 4.